The molecule has 2 unspecified atom stereocenters. The van der Waals surface area contributed by atoms with Crippen LogP contribution in [0.1, 0.15) is 42.6 Å². The molecule has 5 heteroatoms. The molecular formula is C17H22N4O. The minimum absolute atomic E-state index is 0.0546. The van der Waals surface area contributed by atoms with Crippen LogP contribution in [0.5, 0.6) is 0 Å². The summed E-state index contributed by atoms with van der Waals surface area (Å²) in [7, 11) is 0. The molecule has 5 nitrogen and oxygen atoms in total. The topological polar surface area (TPSA) is 72.4 Å². The first-order chi connectivity index (χ1) is 10.7. The van der Waals surface area contributed by atoms with E-state index >= 15 is 0 Å². The summed E-state index contributed by atoms with van der Waals surface area (Å²) in [6.45, 7) is 0. The average Bonchev–Trinajstić information content (AvgIpc) is 2.92. The van der Waals surface area contributed by atoms with Crippen LogP contribution in [0.2, 0.25) is 0 Å². The van der Waals surface area contributed by atoms with Gasteiger partial charge in [-0.15, -0.1) is 0 Å². The standard InChI is InChI=1S/C17H22N4O/c18-13-8-11-4-3-5-12(9-13)16(11)20-17(22)14-10-21-7-2-1-6-15(21)19-14/h1-2,6-7,10-13,16H,3-5,8-9,18H2,(H,20,22). The summed E-state index contributed by atoms with van der Waals surface area (Å²) in [5, 5.41) is 3.25. The van der Waals surface area contributed by atoms with Crippen LogP contribution in [0.25, 0.3) is 5.65 Å². The fourth-order valence-corrected chi connectivity index (χ4v) is 4.29. The number of carbonyl (C=O) groups excluding carboxylic acids is 1. The van der Waals surface area contributed by atoms with Crippen molar-refractivity contribution in [3.8, 4) is 0 Å². The molecule has 2 saturated carbocycles. The minimum atomic E-state index is -0.0546. The van der Waals surface area contributed by atoms with Gasteiger partial charge in [0, 0.05) is 24.5 Å². The van der Waals surface area contributed by atoms with E-state index in [0.717, 1.165) is 18.5 Å². The zero-order chi connectivity index (χ0) is 15.1. The minimum Gasteiger partial charge on any atom is -0.347 e. The van der Waals surface area contributed by atoms with Gasteiger partial charge in [-0.25, -0.2) is 4.98 Å². The first-order valence-electron chi connectivity index (χ1n) is 8.21. The number of nitrogens with two attached hydrogens (primary N) is 1. The number of imidazole rings is 1. The summed E-state index contributed by atoms with van der Waals surface area (Å²) in [6.07, 6.45) is 9.41. The number of pyridine rings is 1. The normalized spacial score (nSPS) is 31.1. The van der Waals surface area contributed by atoms with Crippen molar-refractivity contribution in [1.29, 1.82) is 0 Å². The van der Waals surface area contributed by atoms with Crippen molar-refractivity contribution in [1.82, 2.24) is 14.7 Å². The Morgan fingerprint density at radius 2 is 2.05 bits per heavy atom. The van der Waals surface area contributed by atoms with E-state index in [-0.39, 0.29) is 11.9 Å². The van der Waals surface area contributed by atoms with Crippen molar-refractivity contribution in [3.05, 3.63) is 36.3 Å². The predicted octanol–water partition coefficient (Wildman–Crippen LogP) is 1.97. The maximum atomic E-state index is 12.6. The number of rotatable bonds is 2. The van der Waals surface area contributed by atoms with E-state index in [9.17, 15) is 4.79 Å². The number of hydrogen-bond donors (Lipinski definition) is 2. The lowest BCUT2D eigenvalue weighted by Crippen LogP contribution is -2.53. The molecule has 116 valence electrons. The molecule has 2 aromatic rings. The third-order valence-electron chi connectivity index (χ3n) is 5.27. The van der Waals surface area contributed by atoms with E-state index in [1.54, 1.807) is 6.20 Å². The summed E-state index contributed by atoms with van der Waals surface area (Å²) in [5.74, 6) is 1.01. The quantitative estimate of drug-likeness (QED) is 0.890. The molecule has 2 aliphatic rings. The molecule has 0 aliphatic heterocycles. The number of hydrogen-bond acceptors (Lipinski definition) is 3. The lowest BCUT2D eigenvalue weighted by atomic mass is 9.67. The second kappa shape index (κ2) is 5.39. The van der Waals surface area contributed by atoms with Crippen molar-refractivity contribution in [3.63, 3.8) is 0 Å². The first kappa shape index (κ1) is 13.8. The van der Waals surface area contributed by atoms with Crippen molar-refractivity contribution in [2.75, 3.05) is 0 Å². The molecular weight excluding hydrogens is 276 g/mol. The number of aromatic nitrogens is 2. The Kier molecular flexibility index (Phi) is 3.37. The highest BCUT2D eigenvalue weighted by Crippen LogP contribution is 2.39. The second-order valence-corrected chi connectivity index (χ2v) is 6.77. The van der Waals surface area contributed by atoms with E-state index in [2.05, 4.69) is 10.3 Å². The van der Waals surface area contributed by atoms with Gasteiger partial charge in [0.1, 0.15) is 11.3 Å². The summed E-state index contributed by atoms with van der Waals surface area (Å²) >= 11 is 0. The molecule has 2 fully saturated rings. The monoisotopic (exact) mass is 298 g/mol. The zero-order valence-corrected chi connectivity index (χ0v) is 12.6. The van der Waals surface area contributed by atoms with E-state index in [4.69, 9.17) is 5.73 Å². The zero-order valence-electron chi connectivity index (χ0n) is 12.6. The molecule has 0 aromatic carbocycles. The van der Waals surface area contributed by atoms with Gasteiger partial charge in [-0.05, 0) is 49.7 Å². The largest absolute Gasteiger partial charge is 0.347 e. The molecule has 2 aromatic heterocycles. The van der Waals surface area contributed by atoms with E-state index in [0.29, 0.717) is 23.6 Å². The van der Waals surface area contributed by atoms with Crippen LogP contribution in [0, 0.1) is 11.8 Å². The highest BCUT2D eigenvalue weighted by Gasteiger charge is 2.40. The number of nitrogens with one attached hydrogen (secondary N) is 1. The SMILES string of the molecule is NC1CC2CCCC(C1)C2NC(=O)c1cn2ccccc2n1. The molecule has 2 atom stereocenters. The molecule has 3 N–H and O–H groups in total. The molecule has 4 rings (SSSR count). The van der Waals surface area contributed by atoms with Crippen molar-refractivity contribution in [2.45, 2.75) is 44.2 Å². The van der Waals surface area contributed by atoms with Crippen LogP contribution in [-0.2, 0) is 0 Å². The third-order valence-corrected chi connectivity index (χ3v) is 5.27. The maximum Gasteiger partial charge on any atom is 0.271 e. The van der Waals surface area contributed by atoms with Crippen LogP contribution in [-0.4, -0.2) is 27.4 Å². The summed E-state index contributed by atoms with van der Waals surface area (Å²) in [4.78, 5) is 17.0. The Bertz CT molecular complexity index is 648. The number of nitrogens with zero attached hydrogens (tertiary/aromatic N) is 2. The molecule has 0 radical (unpaired) electrons. The van der Waals surface area contributed by atoms with Crippen LogP contribution in [0.3, 0.4) is 0 Å². The number of fused-ring (bicyclic) bond motifs is 3. The molecule has 0 spiro atoms. The van der Waals surface area contributed by atoms with Gasteiger partial charge >= 0.3 is 0 Å². The number of carbonyl (C=O) groups is 1. The van der Waals surface area contributed by atoms with E-state index < -0.39 is 0 Å². The molecule has 1 amide bonds. The van der Waals surface area contributed by atoms with Gasteiger partial charge < -0.3 is 15.5 Å². The van der Waals surface area contributed by atoms with Crippen LogP contribution < -0.4 is 11.1 Å². The van der Waals surface area contributed by atoms with Gasteiger partial charge in [0.25, 0.3) is 5.91 Å². The third kappa shape index (κ3) is 2.39. The van der Waals surface area contributed by atoms with Gasteiger partial charge in [0.05, 0.1) is 0 Å². The van der Waals surface area contributed by atoms with Crippen LogP contribution in [0.4, 0.5) is 0 Å². The van der Waals surface area contributed by atoms with Gasteiger partial charge in [-0.2, -0.15) is 0 Å². The molecule has 2 aliphatic carbocycles. The Labute approximate surface area is 129 Å². The molecule has 22 heavy (non-hydrogen) atoms. The number of amides is 1. The lowest BCUT2D eigenvalue weighted by molar-refractivity contribution is 0.0752. The maximum absolute atomic E-state index is 12.6. The fourth-order valence-electron chi connectivity index (χ4n) is 4.29. The van der Waals surface area contributed by atoms with Gasteiger partial charge in [-0.3, -0.25) is 4.79 Å². The van der Waals surface area contributed by atoms with Gasteiger partial charge in [0.2, 0.25) is 0 Å². The highest BCUT2D eigenvalue weighted by atomic mass is 16.2. The Hall–Kier alpha value is -1.88. The average molecular weight is 298 g/mol. The molecule has 2 heterocycles. The van der Waals surface area contributed by atoms with Gasteiger partial charge in [0.15, 0.2) is 0 Å². The smallest absolute Gasteiger partial charge is 0.271 e. The second-order valence-electron chi connectivity index (χ2n) is 6.77. The van der Waals surface area contributed by atoms with Gasteiger partial charge in [-0.1, -0.05) is 12.5 Å². The summed E-state index contributed by atoms with van der Waals surface area (Å²) in [6, 6.07) is 6.34. The summed E-state index contributed by atoms with van der Waals surface area (Å²) < 4.78 is 1.88. The van der Waals surface area contributed by atoms with E-state index in [1.165, 1.54) is 19.3 Å². The predicted molar refractivity (Wildman–Crippen MR) is 84.5 cm³/mol. The van der Waals surface area contributed by atoms with Crippen LogP contribution >= 0.6 is 0 Å². The van der Waals surface area contributed by atoms with Crippen LogP contribution in [0.15, 0.2) is 30.6 Å². The summed E-state index contributed by atoms with van der Waals surface area (Å²) in [5.41, 5.74) is 7.46. The molecule has 0 saturated heterocycles. The first-order valence-corrected chi connectivity index (χ1v) is 8.21. The lowest BCUT2D eigenvalue weighted by Gasteiger charge is -2.45. The fraction of sp³-hybridized carbons (Fsp3) is 0.529. The van der Waals surface area contributed by atoms with Crippen molar-refractivity contribution < 1.29 is 4.79 Å². The van der Waals surface area contributed by atoms with E-state index in [1.807, 2.05) is 28.8 Å². The highest BCUT2D eigenvalue weighted by molar-refractivity contribution is 5.93. The Morgan fingerprint density at radius 3 is 2.77 bits per heavy atom. The Morgan fingerprint density at radius 1 is 1.27 bits per heavy atom. The Balaban J connectivity index is 1.54. The van der Waals surface area contributed by atoms with Crippen molar-refractivity contribution >= 4 is 11.6 Å². The molecule has 2 bridgehead atoms. The van der Waals surface area contributed by atoms with Crippen molar-refractivity contribution in [2.24, 2.45) is 17.6 Å².